The number of rotatable bonds is 4. The fraction of sp³-hybridized carbons (Fsp3) is 0. The van der Waals surface area contributed by atoms with Crippen LogP contribution in [0.4, 0.5) is 20.3 Å². The minimum atomic E-state index is -0.741. The number of ether oxygens (including phenoxy) is 1. The highest BCUT2D eigenvalue weighted by Gasteiger charge is 2.13. The number of amides is 1. The average Bonchev–Trinajstić information content (AvgIpc) is 3.03. The van der Waals surface area contributed by atoms with E-state index in [2.05, 4.69) is 15.5 Å². The zero-order valence-corrected chi connectivity index (χ0v) is 14.4. The number of nitrogens with one attached hydrogen (secondary N) is 2. The number of carbonyl (C=O) groups excluding carboxylic acids is 1. The summed E-state index contributed by atoms with van der Waals surface area (Å²) in [5.74, 6) is -1.22. The van der Waals surface area contributed by atoms with Gasteiger partial charge in [0.2, 0.25) is 0 Å². The zero-order chi connectivity index (χ0) is 19.7. The Morgan fingerprint density at radius 2 is 1.79 bits per heavy atom. The fourth-order valence-electron chi connectivity index (χ4n) is 2.74. The maximum absolute atomic E-state index is 13.3. The number of hydrogen-bond acceptors (Lipinski definition) is 4. The lowest BCUT2D eigenvalue weighted by Gasteiger charge is -2.07. The lowest BCUT2D eigenvalue weighted by atomic mass is 10.2. The van der Waals surface area contributed by atoms with E-state index in [1.165, 1.54) is 0 Å². The molecule has 0 aliphatic rings. The minimum absolute atomic E-state index is 0.0192. The number of nitrogens with zero attached hydrogens (tertiary/aromatic N) is 1. The van der Waals surface area contributed by atoms with E-state index in [1.54, 1.807) is 42.5 Å². The van der Waals surface area contributed by atoms with Gasteiger partial charge in [-0.3, -0.25) is 9.89 Å². The van der Waals surface area contributed by atoms with Crippen LogP contribution in [0.1, 0.15) is 10.4 Å². The molecule has 140 valence electrons. The van der Waals surface area contributed by atoms with Crippen LogP contribution in [0.2, 0.25) is 0 Å². The third-order valence-corrected chi connectivity index (χ3v) is 3.99. The number of halogens is 2. The molecule has 8 heteroatoms. The Morgan fingerprint density at radius 3 is 2.54 bits per heavy atom. The first-order chi connectivity index (χ1) is 13.5. The Hall–Kier alpha value is -3.94. The summed E-state index contributed by atoms with van der Waals surface area (Å²) in [6.45, 7) is 0. The minimum Gasteiger partial charge on any atom is -0.457 e. The van der Waals surface area contributed by atoms with Gasteiger partial charge in [0, 0.05) is 34.8 Å². The van der Waals surface area contributed by atoms with Crippen LogP contribution in [0.15, 0.2) is 60.7 Å². The molecule has 0 saturated heterocycles. The van der Waals surface area contributed by atoms with Crippen molar-refractivity contribution in [3.63, 3.8) is 0 Å². The summed E-state index contributed by atoms with van der Waals surface area (Å²) in [6, 6.07) is 14.4. The molecule has 4 rings (SSSR count). The first-order valence-corrected chi connectivity index (χ1v) is 8.27. The molecule has 0 saturated carbocycles. The van der Waals surface area contributed by atoms with Gasteiger partial charge in [-0.05, 0) is 36.4 Å². The van der Waals surface area contributed by atoms with Crippen molar-refractivity contribution in [2.45, 2.75) is 0 Å². The van der Waals surface area contributed by atoms with E-state index in [1.807, 2.05) is 0 Å². The van der Waals surface area contributed by atoms with Gasteiger partial charge in [0.15, 0.2) is 5.82 Å². The maximum Gasteiger partial charge on any atom is 0.256 e. The van der Waals surface area contributed by atoms with Crippen LogP contribution < -0.4 is 15.8 Å². The molecular weight excluding hydrogens is 366 g/mol. The topological polar surface area (TPSA) is 93.0 Å². The van der Waals surface area contributed by atoms with Gasteiger partial charge in [-0.1, -0.05) is 6.07 Å². The molecule has 0 aliphatic heterocycles. The predicted molar refractivity (Wildman–Crippen MR) is 101 cm³/mol. The Bertz CT molecular complexity index is 1170. The lowest BCUT2D eigenvalue weighted by molar-refractivity contribution is 0.102. The first kappa shape index (κ1) is 17.5. The number of H-pyrrole nitrogens is 1. The molecule has 1 amide bonds. The van der Waals surface area contributed by atoms with Crippen molar-refractivity contribution in [2.75, 3.05) is 11.1 Å². The maximum atomic E-state index is 13.3. The molecule has 4 aromatic rings. The Morgan fingerprint density at radius 1 is 1.00 bits per heavy atom. The summed E-state index contributed by atoms with van der Waals surface area (Å²) < 4.78 is 32.2. The van der Waals surface area contributed by atoms with Crippen molar-refractivity contribution in [2.24, 2.45) is 0 Å². The van der Waals surface area contributed by atoms with Crippen LogP contribution in [0.3, 0.4) is 0 Å². The normalized spacial score (nSPS) is 10.8. The van der Waals surface area contributed by atoms with Crippen LogP contribution >= 0.6 is 0 Å². The SMILES string of the molecule is Nc1cccc(C(=O)Nc2n[nH]c3ccc(Oc4cc(F)cc(F)c4)cc23)c1. The molecule has 28 heavy (non-hydrogen) atoms. The van der Waals surface area contributed by atoms with E-state index in [0.29, 0.717) is 33.7 Å². The van der Waals surface area contributed by atoms with E-state index in [-0.39, 0.29) is 11.7 Å². The summed E-state index contributed by atoms with van der Waals surface area (Å²) in [5.41, 5.74) is 7.21. The van der Waals surface area contributed by atoms with Crippen LogP contribution in [0.5, 0.6) is 11.5 Å². The number of aromatic amines is 1. The highest BCUT2D eigenvalue weighted by atomic mass is 19.1. The van der Waals surface area contributed by atoms with Crippen LogP contribution in [0, 0.1) is 11.6 Å². The third-order valence-electron chi connectivity index (χ3n) is 3.99. The van der Waals surface area contributed by atoms with E-state index in [9.17, 15) is 13.6 Å². The molecule has 1 aromatic heterocycles. The van der Waals surface area contributed by atoms with Crippen molar-refractivity contribution in [3.05, 3.63) is 77.9 Å². The van der Waals surface area contributed by atoms with E-state index < -0.39 is 11.6 Å². The van der Waals surface area contributed by atoms with Gasteiger partial charge < -0.3 is 15.8 Å². The van der Waals surface area contributed by atoms with Crippen molar-refractivity contribution < 1.29 is 18.3 Å². The molecule has 1 heterocycles. The number of aromatic nitrogens is 2. The Labute approximate surface area is 157 Å². The Balaban J connectivity index is 1.61. The number of fused-ring (bicyclic) bond motifs is 1. The van der Waals surface area contributed by atoms with E-state index in [4.69, 9.17) is 10.5 Å². The van der Waals surface area contributed by atoms with Crippen LogP contribution in [0.25, 0.3) is 10.9 Å². The van der Waals surface area contributed by atoms with Gasteiger partial charge in [0.1, 0.15) is 23.1 Å². The van der Waals surface area contributed by atoms with Crippen molar-refractivity contribution in [1.82, 2.24) is 10.2 Å². The summed E-state index contributed by atoms with van der Waals surface area (Å²) in [5, 5.41) is 10.2. The van der Waals surface area contributed by atoms with Crippen molar-refractivity contribution in [3.8, 4) is 11.5 Å². The van der Waals surface area contributed by atoms with E-state index in [0.717, 1.165) is 18.2 Å². The number of nitrogens with two attached hydrogens (primary N) is 1. The summed E-state index contributed by atoms with van der Waals surface area (Å²) in [7, 11) is 0. The smallest absolute Gasteiger partial charge is 0.256 e. The Kier molecular flexibility index (Phi) is 4.36. The second-order valence-electron chi connectivity index (χ2n) is 6.07. The fourth-order valence-corrected chi connectivity index (χ4v) is 2.74. The number of carbonyl (C=O) groups is 1. The van der Waals surface area contributed by atoms with Gasteiger partial charge in [-0.25, -0.2) is 8.78 Å². The molecule has 4 N–H and O–H groups in total. The highest BCUT2D eigenvalue weighted by molar-refractivity contribution is 6.08. The third kappa shape index (κ3) is 3.61. The highest BCUT2D eigenvalue weighted by Crippen LogP contribution is 2.29. The van der Waals surface area contributed by atoms with E-state index >= 15 is 0 Å². The molecule has 0 bridgehead atoms. The van der Waals surface area contributed by atoms with Crippen LogP contribution in [-0.4, -0.2) is 16.1 Å². The van der Waals surface area contributed by atoms with Gasteiger partial charge in [-0.15, -0.1) is 0 Å². The molecule has 0 unspecified atom stereocenters. The van der Waals surface area contributed by atoms with Gasteiger partial charge >= 0.3 is 0 Å². The molecule has 0 atom stereocenters. The second kappa shape index (κ2) is 6.99. The molecule has 0 fully saturated rings. The standard InChI is InChI=1S/C20H14F2N4O2/c21-12-7-13(22)9-16(8-12)28-15-4-5-18-17(10-15)19(26-25-18)24-20(27)11-2-1-3-14(23)6-11/h1-10H,23H2,(H2,24,25,26,27). The molecule has 0 radical (unpaired) electrons. The lowest BCUT2D eigenvalue weighted by Crippen LogP contribution is -2.12. The number of anilines is 2. The summed E-state index contributed by atoms with van der Waals surface area (Å²) >= 11 is 0. The van der Waals surface area contributed by atoms with Crippen molar-refractivity contribution in [1.29, 1.82) is 0 Å². The number of hydrogen-bond donors (Lipinski definition) is 3. The first-order valence-electron chi connectivity index (χ1n) is 8.27. The molecule has 3 aromatic carbocycles. The van der Waals surface area contributed by atoms with Crippen molar-refractivity contribution >= 4 is 28.3 Å². The molecule has 0 aliphatic carbocycles. The summed E-state index contributed by atoms with van der Waals surface area (Å²) in [4.78, 5) is 12.4. The second-order valence-corrected chi connectivity index (χ2v) is 6.07. The zero-order valence-electron chi connectivity index (χ0n) is 14.4. The number of nitrogen functional groups attached to an aromatic ring is 1. The molecule has 6 nitrogen and oxygen atoms in total. The quantitative estimate of drug-likeness (QED) is 0.456. The van der Waals surface area contributed by atoms with Crippen LogP contribution in [-0.2, 0) is 0 Å². The summed E-state index contributed by atoms with van der Waals surface area (Å²) in [6.07, 6.45) is 0. The largest absolute Gasteiger partial charge is 0.457 e. The number of benzene rings is 3. The monoisotopic (exact) mass is 380 g/mol. The average molecular weight is 380 g/mol. The van der Waals surface area contributed by atoms with Gasteiger partial charge in [0.25, 0.3) is 5.91 Å². The molecular formula is C20H14F2N4O2. The molecule has 0 spiro atoms. The van der Waals surface area contributed by atoms with Gasteiger partial charge in [0.05, 0.1) is 5.52 Å². The predicted octanol–water partition coefficient (Wildman–Crippen LogP) is 4.47. The van der Waals surface area contributed by atoms with Gasteiger partial charge in [-0.2, -0.15) is 5.10 Å².